The van der Waals surface area contributed by atoms with Crippen LogP contribution in [0.4, 0.5) is 30.5 Å². The molecule has 2 N–H and O–H groups in total. The average molecular weight is 577 g/mol. The minimum Gasteiger partial charge on any atom is -0.481 e. The van der Waals surface area contributed by atoms with Crippen molar-refractivity contribution in [3.8, 4) is 6.01 Å². The highest BCUT2D eigenvalue weighted by molar-refractivity contribution is 6.32. The van der Waals surface area contributed by atoms with E-state index < -0.39 is 17.7 Å². The maximum atomic E-state index is 13.0. The van der Waals surface area contributed by atoms with Gasteiger partial charge in [0.05, 0.1) is 28.7 Å². The van der Waals surface area contributed by atoms with Crippen LogP contribution in [0.15, 0.2) is 42.6 Å². The number of rotatable bonds is 8. The number of carboxylic acid groups (broad SMARTS) is 1. The fraction of sp³-hybridized carbons (Fsp3) is 0.407. The Morgan fingerprint density at radius 1 is 1.12 bits per heavy atom. The van der Waals surface area contributed by atoms with Crippen LogP contribution in [-0.4, -0.2) is 63.7 Å². The number of alkyl halides is 3. The molecule has 2 aliphatic heterocycles. The van der Waals surface area contributed by atoms with Gasteiger partial charge >= 0.3 is 18.2 Å². The number of anilines is 3. The van der Waals surface area contributed by atoms with Crippen LogP contribution in [0.5, 0.6) is 6.01 Å². The summed E-state index contributed by atoms with van der Waals surface area (Å²) in [5, 5.41) is 12.9. The molecule has 0 amide bonds. The zero-order chi connectivity index (χ0) is 28.3. The molecule has 212 valence electrons. The first-order valence-corrected chi connectivity index (χ1v) is 13.3. The van der Waals surface area contributed by atoms with E-state index in [2.05, 4.69) is 25.2 Å². The fourth-order valence-corrected chi connectivity index (χ4v) is 5.16. The number of nitrogens with one attached hydrogen (secondary N) is 1. The minimum absolute atomic E-state index is 0.141. The van der Waals surface area contributed by atoms with E-state index in [0.717, 1.165) is 17.7 Å². The van der Waals surface area contributed by atoms with E-state index in [1.165, 1.54) is 12.1 Å². The van der Waals surface area contributed by atoms with Gasteiger partial charge < -0.3 is 20.1 Å². The van der Waals surface area contributed by atoms with Gasteiger partial charge in [0.2, 0.25) is 0 Å². The maximum absolute atomic E-state index is 13.0. The number of aliphatic carboxylic acids is 1. The SMILES string of the molecule is O=C(O)C1CCN(CCOc2nc3c(c(Nc4ccc(C(F)(F)F)cc4)n2)CCN(c2ncccc2Cl)C3)CC1. The predicted octanol–water partition coefficient (Wildman–Crippen LogP) is 5.03. The number of carbonyl (C=O) groups is 1. The zero-order valence-electron chi connectivity index (χ0n) is 21.5. The maximum Gasteiger partial charge on any atom is 0.416 e. The second-order valence-electron chi connectivity index (χ2n) is 9.76. The lowest BCUT2D eigenvalue weighted by molar-refractivity contribution is -0.143. The molecule has 2 aliphatic rings. The molecule has 1 aromatic carbocycles. The van der Waals surface area contributed by atoms with Gasteiger partial charge in [-0.05, 0) is 68.8 Å². The lowest BCUT2D eigenvalue weighted by Crippen LogP contribution is -2.38. The molecule has 3 aromatic rings. The molecule has 0 atom stereocenters. The Hall–Kier alpha value is -3.64. The number of ether oxygens (including phenoxy) is 1. The highest BCUT2D eigenvalue weighted by Gasteiger charge is 2.30. The first-order valence-electron chi connectivity index (χ1n) is 12.9. The summed E-state index contributed by atoms with van der Waals surface area (Å²) in [7, 11) is 0. The third-order valence-corrected chi connectivity index (χ3v) is 7.43. The second-order valence-corrected chi connectivity index (χ2v) is 10.2. The van der Waals surface area contributed by atoms with Gasteiger partial charge in [-0.1, -0.05) is 11.6 Å². The van der Waals surface area contributed by atoms with Crippen molar-refractivity contribution in [2.24, 2.45) is 5.92 Å². The number of hydrogen-bond donors (Lipinski definition) is 2. The third-order valence-electron chi connectivity index (χ3n) is 7.13. The monoisotopic (exact) mass is 576 g/mol. The van der Waals surface area contributed by atoms with E-state index >= 15 is 0 Å². The summed E-state index contributed by atoms with van der Waals surface area (Å²) in [4.78, 5) is 29.0. The van der Waals surface area contributed by atoms with Crippen LogP contribution in [-0.2, 0) is 23.9 Å². The number of likely N-dealkylation sites (tertiary alicyclic amines) is 1. The molecule has 0 saturated carbocycles. The number of benzene rings is 1. The van der Waals surface area contributed by atoms with Crippen molar-refractivity contribution in [2.75, 3.05) is 43.0 Å². The Kier molecular flexibility index (Phi) is 8.27. The number of pyridine rings is 1. The summed E-state index contributed by atoms with van der Waals surface area (Å²) in [5.74, 6) is 0.0368. The van der Waals surface area contributed by atoms with Crippen molar-refractivity contribution in [1.82, 2.24) is 19.9 Å². The quantitative estimate of drug-likeness (QED) is 0.382. The number of hydrogen-bond acceptors (Lipinski definition) is 8. The molecule has 13 heteroatoms. The summed E-state index contributed by atoms with van der Waals surface area (Å²) in [5.41, 5.74) is 1.26. The van der Waals surface area contributed by atoms with E-state index in [0.29, 0.717) is 86.6 Å². The lowest BCUT2D eigenvalue weighted by Gasteiger charge is -2.31. The standard InChI is InChI=1S/C27H28ClF3N6O3/c28-21-2-1-10-32-24(21)37-13-9-20-22(16-37)34-26(40-15-14-36-11-7-17(8-12-36)25(38)39)35-23(20)33-19-5-3-18(4-6-19)27(29,30)31/h1-6,10,17H,7-9,11-16H2,(H,38,39)(H,33,34,35). The summed E-state index contributed by atoms with van der Waals surface area (Å²) < 4.78 is 45.0. The molecule has 5 rings (SSSR count). The predicted molar refractivity (Wildman–Crippen MR) is 143 cm³/mol. The number of fused-ring (bicyclic) bond motifs is 1. The molecule has 0 bridgehead atoms. The molecule has 1 fully saturated rings. The van der Waals surface area contributed by atoms with Crippen LogP contribution in [0.25, 0.3) is 0 Å². The van der Waals surface area contributed by atoms with Crippen LogP contribution in [0.3, 0.4) is 0 Å². The molecule has 1 saturated heterocycles. The molecule has 40 heavy (non-hydrogen) atoms. The van der Waals surface area contributed by atoms with Crippen molar-refractivity contribution in [3.63, 3.8) is 0 Å². The molecule has 2 aromatic heterocycles. The average Bonchev–Trinajstić information content (AvgIpc) is 2.93. The van der Waals surface area contributed by atoms with Gasteiger partial charge in [0.25, 0.3) is 0 Å². The number of nitrogens with zero attached hydrogens (tertiary/aromatic N) is 5. The van der Waals surface area contributed by atoms with E-state index in [4.69, 9.17) is 16.3 Å². The van der Waals surface area contributed by atoms with E-state index in [1.807, 2.05) is 4.90 Å². The second kappa shape index (κ2) is 11.8. The highest BCUT2D eigenvalue weighted by Crippen LogP contribution is 2.34. The molecule has 4 heterocycles. The summed E-state index contributed by atoms with van der Waals surface area (Å²) >= 11 is 6.38. The summed E-state index contributed by atoms with van der Waals surface area (Å²) in [6, 6.07) is 8.43. The Labute approximate surface area is 234 Å². The number of aromatic nitrogens is 3. The van der Waals surface area contributed by atoms with Gasteiger partial charge in [-0.15, -0.1) is 0 Å². The molecule has 0 radical (unpaired) electrons. The number of carboxylic acids is 1. The van der Waals surface area contributed by atoms with Gasteiger partial charge in [-0.3, -0.25) is 9.69 Å². The van der Waals surface area contributed by atoms with Gasteiger partial charge in [0, 0.05) is 30.5 Å². The van der Waals surface area contributed by atoms with Crippen LogP contribution < -0.4 is 15.0 Å². The Morgan fingerprint density at radius 3 is 2.55 bits per heavy atom. The zero-order valence-corrected chi connectivity index (χ0v) is 22.3. The Balaban J connectivity index is 1.34. The summed E-state index contributed by atoms with van der Waals surface area (Å²) in [6.07, 6.45) is -1.01. The highest BCUT2D eigenvalue weighted by atomic mass is 35.5. The topological polar surface area (TPSA) is 104 Å². The van der Waals surface area contributed by atoms with Crippen LogP contribution in [0, 0.1) is 5.92 Å². The fourth-order valence-electron chi connectivity index (χ4n) is 4.92. The first-order chi connectivity index (χ1) is 19.2. The van der Waals surface area contributed by atoms with E-state index in [-0.39, 0.29) is 11.9 Å². The van der Waals surface area contributed by atoms with Crippen LogP contribution in [0.2, 0.25) is 5.02 Å². The Bertz CT molecular complexity index is 1350. The molecule has 9 nitrogen and oxygen atoms in total. The van der Waals surface area contributed by atoms with E-state index in [9.17, 15) is 23.1 Å². The van der Waals surface area contributed by atoms with Crippen LogP contribution in [0.1, 0.15) is 29.7 Å². The van der Waals surface area contributed by atoms with Gasteiger partial charge in [0.1, 0.15) is 18.2 Å². The largest absolute Gasteiger partial charge is 0.481 e. The van der Waals surface area contributed by atoms with Crippen molar-refractivity contribution < 1.29 is 27.8 Å². The van der Waals surface area contributed by atoms with Crippen molar-refractivity contribution in [2.45, 2.75) is 32.0 Å². The minimum atomic E-state index is -4.42. The molecule has 0 spiro atoms. The molecule has 0 aliphatic carbocycles. The number of halogens is 4. The van der Waals surface area contributed by atoms with Crippen LogP contribution >= 0.6 is 11.6 Å². The lowest BCUT2D eigenvalue weighted by atomic mass is 9.97. The smallest absolute Gasteiger partial charge is 0.416 e. The summed E-state index contributed by atoms with van der Waals surface area (Å²) in [6.45, 7) is 3.23. The Morgan fingerprint density at radius 2 is 1.88 bits per heavy atom. The molecular formula is C27H28ClF3N6O3. The third kappa shape index (κ3) is 6.56. The van der Waals surface area contributed by atoms with Crippen molar-refractivity contribution >= 4 is 34.9 Å². The molecular weight excluding hydrogens is 549 g/mol. The molecule has 0 unspecified atom stereocenters. The van der Waals surface area contributed by atoms with Gasteiger partial charge in [-0.2, -0.15) is 23.1 Å². The first kappa shape index (κ1) is 27.9. The van der Waals surface area contributed by atoms with Gasteiger partial charge in [0.15, 0.2) is 0 Å². The normalized spacial score (nSPS) is 16.4. The van der Waals surface area contributed by atoms with Crippen molar-refractivity contribution in [1.29, 1.82) is 0 Å². The van der Waals surface area contributed by atoms with E-state index in [1.54, 1.807) is 18.3 Å². The van der Waals surface area contributed by atoms with Crippen molar-refractivity contribution in [3.05, 3.63) is 64.4 Å². The number of piperidine rings is 1. The van der Waals surface area contributed by atoms with Gasteiger partial charge in [-0.25, -0.2) is 4.98 Å².